The summed E-state index contributed by atoms with van der Waals surface area (Å²) in [6.07, 6.45) is 95.5. The number of nitrogens with one attached hydrogen (secondary N) is 1. The number of aliphatic hydroxyl groups is 2. The van der Waals surface area contributed by atoms with Crippen LogP contribution in [0.1, 0.15) is 425 Å². The molecule has 0 saturated carbocycles. The first-order valence-electron chi connectivity index (χ1n) is 38.3. The molecule has 0 heterocycles. The van der Waals surface area contributed by atoms with Crippen molar-refractivity contribution in [2.45, 2.75) is 437 Å². The van der Waals surface area contributed by atoms with Gasteiger partial charge in [-0.3, -0.25) is 9.59 Å². The van der Waals surface area contributed by atoms with Crippen LogP contribution in [-0.2, 0) is 14.3 Å². The maximum absolute atomic E-state index is 12.5. The molecule has 6 heteroatoms. The molecule has 0 saturated heterocycles. The van der Waals surface area contributed by atoms with E-state index >= 15 is 0 Å². The van der Waals surface area contributed by atoms with Crippen LogP contribution in [0.15, 0.2) is 36.5 Å². The third-order valence-electron chi connectivity index (χ3n) is 17.9. The predicted molar refractivity (Wildman–Crippen MR) is 370 cm³/mol. The van der Waals surface area contributed by atoms with Crippen molar-refractivity contribution in [3.8, 4) is 0 Å². The lowest BCUT2D eigenvalue weighted by Gasteiger charge is -2.20. The number of carbonyl (C=O) groups is 2. The minimum atomic E-state index is -0.840. The molecule has 0 aromatic heterocycles. The number of allylic oxidation sites excluding steroid dienone is 5. The lowest BCUT2D eigenvalue weighted by atomic mass is 10.0. The minimum Gasteiger partial charge on any atom is -0.466 e. The van der Waals surface area contributed by atoms with Crippen molar-refractivity contribution >= 4 is 11.9 Å². The van der Waals surface area contributed by atoms with Gasteiger partial charge in [0.05, 0.1) is 25.4 Å². The highest BCUT2D eigenvalue weighted by atomic mass is 16.5. The SMILES string of the molecule is CCCCCC/C=C\C/C=C\CCCCCCCC(=O)OCCCCCCCCCCCCCCCCCCCCCCCCCCCCCCCCCCCCCCCC(=O)NC(CO)C(O)/C=C/CCCCCCCCCCCCCC. The standard InChI is InChI=1S/C78H149NO5/c1-3-5-7-9-11-13-15-17-19-44-48-52-56-60-64-68-72-78(83)84-73-69-65-61-57-53-49-45-42-40-38-36-34-32-30-28-26-24-22-20-21-23-25-27-29-31-33-35-37-39-41-43-47-51-55-59-63-67-71-77(82)79-75(74-80)76(81)70-66-62-58-54-50-46-18-16-14-12-10-8-6-4-2/h13,15,19,44,66,70,75-76,80-81H,3-12,14,16-18,20-43,45-65,67-69,71-74H2,1-2H3,(H,79,82)/b15-13-,44-19-,70-66+. The Labute approximate surface area is 525 Å². The number of ether oxygens (including phenoxy) is 1. The van der Waals surface area contributed by atoms with Crippen molar-refractivity contribution in [3.05, 3.63) is 36.5 Å². The van der Waals surface area contributed by atoms with Crippen molar-refractivity contribution in [1.82, 2.24) is 5.32 Å². The number of carbonyl (C=O) groups excluding carboxylic acids is 2. The van der Waals surface area contributed by atoms with Gasteiger partial charge in [0.25, 0.3) is 0 Å². The second-order valence-electron chi connectivity index (χ2n) is 26.3. The lowest BCUT2D eigenvalue weighted by molar-refractivity contribution is -0.143. The Bertz CT molecular complexity index is 1360. The maximum atomic E-state index is 12.5. The van der Waals surface area contributed by atoms with Crippen LogP contribution in [-0.4, -0.2) is 47.4 Å². The Kier molecular flexibility index (Phi) is 71.9. The largest absolute Gasteiger partial charge is 0.466 e. The summed E-state index contributed by atoms with van der Waals surface area (Å²) in [6, 6.07) is -0.623. The second kappa shape index (κ2) is 73.5. The van der Waals surface area contributed by atoms with Crippen molar-refractivity contribution in [2.75, 3.05) is 13.2 Å². The number of rotatable bonds is 72. The molecule has 2 atom stereocenters. The van der Waals surface area contributed by atoms with Crippen LogP contribution in [0.25, 0.3) is 0 Å². The van der Waals surface area contributed by atoms with Gasteiger partial charge in [-0.15, -0.1) is 0 Å². The van der Waals surface area contributed by atoms with Crippen molar-refractivity contribution < 1.29 is 24.5 Å². The molecular weight excluding hydrogens is 1030 g/mol. The first-order chi connectivity index (χ1) is 41.5. The number of unbranched alkanes of at least 4 members (excludes halogenated alkanes) is 57. The van der Waals surface area contributed by atoms with Crippen LogP contribution in [0.5, 0.6) is 0 Å². The van der Waals surface area contributed by atoms with Crippen molar-refractivity contribution in [3.63, 3.8) is 0 Å². The normalized spacial score (nSPS) is 12.7. The average molecular weight is 1180 g/mol. The molecule has 0 aliphatic rings. The van der Waals surface area contributed by atoms with Crippen molar-refractivity contribution in [2.24, 2.45) is 0 Å². The van der Waals surface area contributed by atoms with Crippen LogP contribution >= 0.6 is 0 Å². The van der Waals surface area contributed by atoms with E-state index in [1.807, 2.05) is 6.08 Å². The highest BCUT2D eigenvalue weighted by molar-refractivity contribution is 5.76. The molecular formula is C78H149NO5. The van der Waals surface area contributed by atoms with Crippen LogP contribution in [0.2, 0.25) is 0 Å². The average Bonchev–Trinajstić information content (AvgIpc) is 3.51. The summed E-state index contributed by atoms with van der Waals surface area (Å²) in [5, 5.41) is 23.2. The number of amides is 1. The van der Waals surface area contributed by atoms with Gasteiger partial charge in [-0.1, -0.05) is 384 Å². The smallest absolute Gasteiger partial charge is 0.305 e. The Balaban J connectivity index is 3.30. The Morgan fingerprint density at radius 2 is 0.595 bits per heavy atom. The van der Waals surface area contributed by atoms with Crippen LogP contribution < -0.4 is 5.32 Å². The molecule has 3 N–H and O–H groups in total. The number of hydrogen-bond acceptors (Lipinski definition) is 5. The zero-order valence-electron chi connectivity index (χ0n) is 56.9. The predicted octanol–water partition coefficient (Wildman–Crippen LogP) is 25.0. The van der Waals surface area contributed by atoms with Crippen LogP contribution in [0.3, 0.4) is 0 Å². The fourth-order valence-corrected chi connectivity index (χ4v) is 12.1. The fourth-order valence-electron chi connectivity index (χ4n) is 12.1. The fraction of sp³-hybridized carbons (Fsp3) is 0.897. The van der Waals surface area contributed by atoms with E-state index in [-0.39, 0.29) is 18.5 Å². The molecule has 0 spiro atoms. The Morgan fingerprint density at radius 3 is 0.917 bits per heavy atom. The molecule has 0 bridgehead atoms. The van der Waals surface area contributed by atoms with Crippen molar-refractivity contribution in [1.29, 1.82) is 0 Å². The molecule has 0 aromatic carbocycles. The third-order valence-corrected chi connectivity index (χ3v) is 17.9. The van der Waals surface area contributed by atoms with Gasteiger partial charge in [-0.2, -0.15) is 0 Å². The topological polar surface area (TPSA) is 95.9 Å². The molecule has 0 aliphatic heterocycles. The zero-order chi connectivity index (χ0) is 60.6. The summed E-state index contributed by atoms with van der Waals surface area (Å²) in [6.45, 7) is 4.91. The van der Waals surface area contributed by atoms with Gasteiger partial charge < -0.3 is 20.3 Å². The first-order valence-corrected chi connectivity index (χ1v) is 38.3. The summed E-state index contributed by atoms with van der Waals surface area (Å²) < 4.78 is 5.50. The van der Waals surface area contributed by atoms with E-state index < -0.39 is 12.1 Å². The van der Waals surface area contributed by atoms with Gasteiger partial charge in [0.15, 0.2) is 0 Å². The monoisotopic (exact) mass is 1180 g/mol. The summed E-state index contributed by atoms with van der Waals surface area (Å²) >= 11 is 0. The van der Waals surface area contributed by atoms with Gasteiger partial charge in [0.1, 0.15) is 0 Å². The van der Waals surface area contributed by atoms with Gasteiger partial charge in [0.2, 0.25) is 5.91 Å². The van der Waals surface area contributed by atoms with Gasteiger partial charge in [-0.05, 0) is 64.2 Å². The molecule has 0 radical (unpaired) electrons. The van der Waals surface area contributed by atoms with E-state index in [4.69, 9.17) is 4.74 Å². The molecule has 84 heavy (non-hydrogen) atoms. The van der Waals surface area contributed by atoms with Gasteiger partial charge in [0, 0.05) is 12.8 Å². The summed E-state index contributed by atoms with van der Waals surface area (Å²) in [7, 11) is 0. The molecule has 0 aromatic rings. The van der Waals surface area contributed by atoms with E-state index in [1.54, 1.807) is 6.08 Å². The summed E-state index contributed by atoms with van der Waals surface area (Å²) in [4.78, 5) is 24.6. The maximum Gasteiger partial charge on any atom is 0.305 e. The molecule has 6 nitrogen and oxygen atoms in total. The van der Waals surface area contributed by atoms with E-state index in [0.717, 1.165) is 51.4 Å². The molecule has 1 amide bonds. The second-order valence-corrected chi connectivity index (χ2v) is 26.3. The zero-order valence-corrected chi connectivity index (χ0v) is 56.9. The first kappa shape index (κ1) is 82.1. The number of aliphatic hydroxyl groups excluding tert-OH is 2. The number of hydrogen-bond donors (Lipinski definition) is 3. The van der Waals surface area contributed by atoms with E-state index in [9.17, 15) is 19.8 Å². The molecule has 0 rings (SSSR count). The van der Waals surface area contributed by atoms with Gasteiger partial charge in [-0.25, -0.2) is 0 Å². The summed E-state index contributed by atoms with van der Waals surface area (Å²) in [5.74, 6) is -0.0500. The minimum absolute atomic E-state index is 0.0101. The van der Waals surface area contributed by atoms with Gasteiger partial charge >= 0.3 is 5.97 Å². The molecule has 0 aliphatic carbocycles. The molecule has 496 valence electrons. The Morgan fingerprint density at radius 1 is 0.333 bits per heavy atom. The number of esters is 1. The Hall–Kier alpha value is -1.92. The van der Waals surface area contributed by atoms with E-state index in [2.05, 4.69) is 43.5 Å². The molecule has 2 unspecified atom stereocenters. The van der Waals surface area contributed by atoms with E-state index in [1.165, 1.54) is 347 Å². The van der Waals surface area contributed by atoms with Crippen LogP contribution in [0, 0.1) is 0 Å². The lowest BCUT2D eigenvalue weighted by Crippen LogP contribution is -2.45. The van der Waals surface area contributed by atoms with E-state index in [0.29, 0.717) is 19.4 Å². The summed E-state index contributed by atoms with van der Waals surface area (Å²) in [5.41, 5.74) is 0. The highest BCUT2D eigenvalue weighted by Crippen LogP contribution is 2.19. The third kappa shape index (κ3) is 69.2. The quantitative estimate of drug-likeness (QED) is 0.0320. The molecule has 0 fully saturated rings. The highest BCUT2D eigenvalue weighted by Gasteiger charge is 2.18. The van der Waals surface area contributed by atoms with Crippen LogP contribution in [0.4, 0.5) is 0 Å².